The van der Waals surface area contributed by atoms with Crippen LogP contribution in [0.2, 0.25) is 0 Å². The molecule has 1 aliphatic heterocycles. The van der Waals surface area contributed by atoms with Crippen molar-refractivity contribution < 1.29 is 18.7 Å². The van der Waals surface area contributed by atoms with Gasteiger partial charge in [-0.1, -0.05) is 12.1 Å². The van der Waals surface area contributed by atoms with Gasteiger partial charge in [0.25, 0.3) is 0 Å². The molecule has 1 fully saturated rings. The third-order valence-corrected chi connectivity index (χ3v) is 5.36. The van der Waals surface area contributed by atoms with E-state index in [1.807, 2.05) is 12.1 Å². The number of piperazine rings is 1. The van der Waals surface area contributed by atoms with Crippen LogP contribution in [0.15, 0.2) is 42.5 Å². The third kappa shape index (κ3) is 4.95. The highest BCUT2D eigenvalue weighted by molar-refractivity contribution is 7.16. The minimum absolute atomic E-state index is 0.0739. The number of amides is 2. The van der Waals surface area contributed by atoms with Gasteiger partial charge < -0.3 is 14.5 Å². The summed E-state index contributed by atoms with van der Waals surface area (Å²) < 4.78 is 18.0. The molecule has 1 aromatic heterocycles. The molecular weight excluding hydrogens is 367 g/mol. The molecule has 0 bridgehead atoms. The number of carbonyl (C=O) groups is 2. The van der Waals surface area contributed by atoms with Crippen molar-refractivity contribution in [2.45, 2.75) is 6.92 Å². The number of ether oxygens (including phenoxy) is 1. The number of nitrogens with zero attached hydrogens (tertiary/aromatic N) is 2. The summed E-state index contributed by atoms with van der Waals surface area (Å²) in [6.07, 6.45) is 3.02. The number of carbonyl (C=O) groups excluding carboxylic acids is 2. The van der Waals surface area contributed by atoms with Crippen LogP contribution >= 0.6 is 11.3 Å². The molecule has 0 spiro atoms. The van der Waals surface area contributed by atoms with Crippen LogP contribution in [-0.4, -0.2) is 54.6 Å². The molecule has 0 unspecified atom stereocenters. The highest BCUT2D eigenvalue weighted by atomic mass is 32.1. The van der Waals surface area contributed by atoms with Gasteiger partial charge in [-0.15, -0.1) is 11.3 Å². The van der Waals surface area contributed by atoms with Crippen molar-refractivity contribution in [3.8, 4) is 10.4 Å². The number of hydrogen-bond acceptors (Lipinski definition) is 4. The van der Waals surface area contributed by atoms with E-state index in [0.29, 0.717) is 32.8 Å². The molecule has 0 atom stereocenters. The molecule has 1 saturated heterocycles. The molecule has 2 heterocycles. The van der Waals surface area contributed by atoms with Gasteiger partial charge in [0.05, 0.1) is 6.61 Å². The summed E-state index contributed by atoms with van der Waals surface area (Å²) in [7, 11) is 0. The number of benzene rings is 1. The first-order chi connectivity index (χ1) is 13.1. The molecule has 142 valence electrons. The first-order valence-electron chi connectivity index (χ1n) is 8.81. The summed E-state index contributed by atoms with van der Waals surface area (Å²) in [5.41, 5.74) is 0.947. The van der Waals surface area contributed by atoms with Crippen molar-refractivity contribution >= 4 is 29.4 Å². The fourth-order valence-electron chi connectivity index (χ4n) is 2.79. The van der Waals surface area contributed by atoms with Gasteiger partial charge in [0.2, 0.25) is 5.91 Å². The number of hydrogen-bond donors (Lipinski definition) is 0. The molecule has 1 aliphatic rings. The monoisotopic (exact) mass is 388 g/mol. The summed E-state index contributed by atoms with van der Waals surface area (Å²) >= 11 is 1.54. The molecule has 1 aromatic carbocycles. The molecule has 27 heavy (non-hydrogen) atoms. The van der Waals surface area contributed by atoms with E-state index in [-0.39, 0.29) is 17.8 Å². The molecule has 3 rings (SSSR count). The summed E-state index contributed by atoms with van der Waals surface area (Å²) in [4.78, 5) is 29.4. The molecular formula is C20H21FN2O3S. The summed E-state index contributed by atoms with van der Waals surface area (Å²) in [6.45, 7) is 4.06. The molecule has 2 amide bonds. The Hall–Kier alpha value is -2.67. The highest BCUT2D eigenvalue weighted by Crippen LogP contribution is 2.29. The smallest absolute Gasteiger partial charge is 0.409 e. The quantitative estimate of drug-likeness (QED) is 0.747. The van der Waals surface area contributed by atoms with E-state index in [2.05, 4.69) is 0 Å². The zero-order valence-corrected chi connectivity index (χ0v) is 15.9. The van der Waals surface area contributed by atoms with Gasteiger partial charge in [-0.3, -0.25) is 4.79 Å². The van der Waals surface area contributed by atoms with Gasteiger partial charge in [-0.25, -0.2) is 9.18 Å². The van der Waals surface area contributed by atoms with Crippen molar-refractivity contribution in [1.82, 2.24) is 9.80 Å². The first kappa shape index (κ1) is 19.1. The Labute approximate surface area is 161 Å². The molecule has 0 N–H and O–H groups in total. The lowest BCUT2D eigenvalue weighted by Crippen LogP contribution is -2.50. The maximum absolute atomic E-state index is 13.0. The van der Waals surface area contributed by atoms with Crippen LogP contribution in [0.4, 0.5) is 9.18 Å². The SMILES string of the molecule is CCOC(=O)N1CCN(C(=O)C=Cc2ccc(-c3ccc(F)cc3)s2)CC1. The van der Waals surface area contributed by atoms with Crippen molar-refractivity contribution in [2.24, 2.45) is 0 Å². The molecule has 0 aliphatic carbocycles. The fraction of sp³-hybridized carbons (Fsp3) is 0.300. The van der Waals surface area contributed by atoms with Gasteiger partial charge >= 0.3 is 6.09 Å². The normalized spacial score (nSPS) is 14.6. The minimum atomic E-state index is -0.327. The lowest BCUT2D eigenvalue weighted by molar-refractivity contribution is -0.127. The van der Waals surface area contributed by atoms with E-state index in [1.165, 1.54) is 12.1 Å². The average molecular weight is 388 g/mol. The third-order valence-electron chi connectivity index (χ3n) is 4.26. The standard InChI is InChI=1S/C20H21FN2O3S/c1-2-26-20(25)23-13-11-22(12-14-23)19(24)10-8-17-7-9-18(27-17)15-3-5-16(21)6-4-15/h3-10H,2,11-14H2,1H3. The molecule has 5 nitrogen and oxygen atoms in total. The van der Waals surface area contributed by atoms with E-state index in [4.69, 9.17) is 4.74 Å². The van der Waals surface area contributed by atoms with E-state index in [9.17, 15) is 14.0 Å². The summed E-state index contributed by atoms with van der Waals surface area (Å²) in [6, 6.07) is 10.2. The van der Waals surface area contributed by atoms with Gasteiger partial charge in [-0.05, 0) is 42.8 Å². The number of thiophene rings is 1. The molecule has 2 aromatic rings. The van der Waals surface area contributed by atoms with E-state index < -0.39 is 0 Å². The molecule has 7 heteroatoms. The second kappa shape index (κ2) is 8.81. The van der Waals surface area contributed by atoms with Gasteiger partial charge in [0.15, 0.2) is 0 Å². The average Bonchev–Trinajstić information content (AvgIpc) is 3.16. The second-order valence-electron chi connectivity index (χ2n) is 6.05. The Morgan fingerprint density at radius 2 is 1.74 bits per heavy atom. The van der Waals surface area contributed by atoms with Gasteiger partial charge in [0, 0.05) is 42.0 Å². The zero-order chi connectivity index (χ0) is 19.2. The Bertz CT molecular complexity index is 824. The van der Waals surface area contributed by atoms with Crippen LogP contribution in [-0.2, 0) is 9.53 Å². The molecule has 0 radical (unpaired) electrons. The Balaban J connectivity index is 1.55. The zero-order valence-electron chi connectivity index (χ0n) is 15.1. The minimum Gasteiger partial charge on any atom is -0.450 e. The predicted octanol–water partition coefficient (Wildman–Crippen LogP) is 3.87. The topological polar surface area (TPSA) is 49.9 Å². The Morgan fingerprint density at radius 1 is 1.07 bits per heavy atom. The van der Waals surface area contributed by atoms with Gasteiger partial charge in [0.1, 0.15) is 5.82 Å². The van der Waals surface area contributed by atoms with Crippen LogP contribution in [0.5, 0.6) is 0 Å². The van der Waals surface area contributed by atoms with Crippen LogP contribution in [0.3, 0.4) is 0 Å². The van der Waals surface area contributed by atoms with Crippen molar-refractivity contribution in [3.63, 3.8) is 0 Å². The lowest BCUT2D eigenvalue weighted by Gasteiger charge is -2.33. The molecule has 0 saturated carbocycles. The predicted molar refractivity (Wildman–Crippen MR) is 104 cm³/mol. The first-order valence-corrected chi connectivity index (χ1v) is 9.63. The van der Waals surface area contributed by atoms with E-state index >= 15 is 0 Å². The summed E-state index contributed by atoms with van der Waals surface area (Å²) in [5.74, 6) is -0.334. The fourth-order valence-corrected chi connectivity index (χ4v) is 3.71. The van der Waals surface area contributed by atoms with Gasteiger partial charge in [-0.2, -0.15) is 0 Å². The lowest BCUT2D eigenvalue weighted by atomic mass is 10.2. The van der Waals surface area contributed by atoms with E-state index in [1.54, 1.807) is 52.3 Å². The second-order valence-corrected chi connectivity index (χ2v) is 7.17. The van der Waals surface area contributed by atoms with E-state index in [0.717, 1.165) is 15.3 Å². The maximum atomic E-state index is 13.0. The van der Waals surface area contributed by atoms with Crippen LogP contribution < -0.4 is 0 Å². The largest absolute Gasteiger partial charge is 0.450 e. The van der Waals surface area contributed by atoms with Crippen molar-refractivity contribution in [1.29, 1.82) is 0 Å². The maximum Gasteiger partial charge on any atom is 0.409 e. The van der Waals surface area contributed by atoms with Crippen molar-refractivity contribution in [3.05, 3.63) is 53.2 Å². The summed E-state index contributed by atoms with van der Waals surface area (Å²) in [5, 5.41) is 0. The van der Waals surface area contributed by atoms with Crippen LogP contribution in [0, 0.1) is 5.82 Å². The number of rotatable bonds is 4. The highest BCUT2D eigenvalue weighted by Gasteiger charge is 2.23. The van der Waals surface area contributed by atoms with Crippen LogP contribution in [0.25, 0.3) is 16.5 Å². The van der Waals surface area contributed by atoms with Crippen molar-refractivity contribution in [2.75, 3.05) is 32.8 Å². The number of halogens is 1. The Morgan fingerprint density at radius 3 is 2.41 bits per heavy atom. The Kier molecular flexibility index (Phi) is 6.24. The van der Waals surface area contributed by atoms with Crippen LogP contribution in [0.1, 0.15) is 11.8 Å².